The molecule has 214 valence electrons. The highest BCUT2D eigenvalue weighted by Crippen LogP contribution is 2.49. The number of thioether (sulfide) groups is 1. The molecule has 4 aromatic carbocycles. The third kappa shape index (κ3) is 7.82. The summed E-state index contributed by atoms with van der Waals surface area (Å²) < 4.78 is 19.2. The van der Waals surface area contributed by atoms with Crippen LogP contribution in [0.3, 0.4) is 0 Å². The standard InChI is InChI=1S/C37H42O3S/c1-4-34-27(3)35(39-25-29-13-8-6-9-14-29)36(40-26-30-15-10-7-11-16-30)37(41-34)32-18-12-17-31(24-32)23-28-19-21-33(22-20-28)38-5-2/h6-22,24,27,34-37H,4-5,23,25-26H2,1-3H3/t27-,34-,35+,36-,37+/m1/s1. The number of hydrogen-bond donors (Lipinski definition) is 0. The molecule has 3 nitrogen and oxygen atoms in total. The summed E-state index contributed by atoms with van der Waals surface area (Å²) in [6.07, 6.45) is 1.91. The molecule has 5 rings (SSSR count). The molecule has 0 unspecified atom stereocenters. The van der Waals surface area contributed by atoms with Gasteiger partial charge in [-0.15, -0.1) is 11.8 Å². The molecule has 1 fully saturated rings. The van der Waals surface area contributed by atoms with Crippen LogP contribution in [0.4, 0.5) is 0 Å². The molecule has 0 radical (unpaired) electrons. The predicted molar refractivity (Wildman–Crippen MR) is 170 cm³/mol. The quantitative estimate of drug-likeness (QED) is 0.171. The minimum absolute atomic E-state index is 0.00937. The van der Waals surface area contributed by atoms with Gasteiger partial charge in [0.15, 0.2) is 0 Å². The molecule has 4 aromatic rings. The van der Waals surface area contributed by atoms with Crippen molar-refractivity contribution in [1.29, 1.82) is 0 Å². The topological polar surface area (TPSA) is 27.7 Å². The van der Waals surface area contributed by atoms with Gasteiger partial charge in [0, 0.05) is 5.25 Å². The molecular formula is C37H42O3S. The predicted octanol–water partition coefficient (Wildman–Crippen LogP) is 9.05. The van der Waals surface area contributed by atoms with Gasteiger partial charge in [0.25, 0.3) is 0 Å². The minimum atomic E-state index is -0.0672. The second kappa shape index (κ2) is 14.7. The molecule has 1 aliphatic rings. The molecule has 1 aliphatic heterocycles. The zero-order chi connectivity index (χ0) is 28.4. The molecule has 0 N–H and O–H groups in total. The molecule has 0 saturated carbocycles. The Labute approximate surface area is 250 Å². The lowest BCUT2D eigenvalue weighted by Gasteiger charge is -2.45. The Bertz CT molecular complexity index is 1330. The summed E-state index contributed by atoms with van der Waals surface area (Å²) in [4.78, 5) is 0. The van der Waals surface area contributed by atoms with Gasteiger partial charge in [-0.05, 0) is 65.6 Å². The van der Waals surface area contributed by atoms with E-state index in [1.165, 1.54) is 27.8 Å². The molecule has 1 heterocycles. The lowest BCUT2D eigenvalue weighted by molar-refractivity contribution is -0.112. The maximum absolute atomic E-state index is 6.83. The minimum Gasteiger partial charge on any atom is -0.494 e. The van der Waals surface area contributed by atoms with Crippen LogP contribution in [0.2, 0.25) is 0 Å². The fraction of sp³-hybridized carbons (Fsp3) is 0.351. The van der Waals surface area contributed by atoms with E-state index in [2.05, 4.69) is 135 Å². The van der Waals surface area contributed by atoms with Crippen molar-refractivity contribution in [2.45, 2.75) is 69.5 Å². The van der Waals surface area contributed by atoms with Crippen molar-refractivity contribution in [3.8, 4) is 5.75 Å². The normalized spacial score (nSPS) is 22.4. The summed E-state index contributed by atoms with van der Waals surface area (Å²) in [5.41, 5.74) is 6.29. The van der Waals surface area contributed by atoms with Gasteiger partial charge >= 0.3 is 0 Å². The summed E-state index contributed by atoms with van der Waals surface area (Å²) in [6.45, 7) is 8.50. The number of ether oxygens (including phenoxy) is 3. The lowest BCUT2D eigenvalue weighted by Crippen LogP contribution is -2.48. The van der Waals surface area contributed by atoms with Crippen molar-refractivity contribution in [2.24, 2.45) is 5.92 Å². The van der Waals surface area contributed by atoms with E-state index in [9.17, 15) is 0 Å². The highest BCUT2D eigenvalue weighted by atomic mass is 32.2. The van der Waals surface area contributed by atoms with E-state index in [1.54, 1.807) is 0 Å². The molecule has 0 aromatic heterocycles. The van der Waals surface area contributed by atoms with Gasteiger partial charge in [0.05, 0.1) is 31.2 Å². The van der Waals surface area contributed by atoms with Crippen LogP contribution in [0.25, 0.3) is 0 Å². The van der Waals surface area contributed by atoms with E-state index in [0.29, 0.717) is 31.0 Å². The average Bonchev–Trinajstić information content (AvgIpc) is 3.02. The van der Waals surface area contributed by atoms with Gasteiger partial charge in [-0.1, -0.05) is 111 Å². The first-order valence-corrected chi connectivity index (χ1v) is 15.9. The summed E-state index contributed by atoms with van der Waals surface area (Å²) >= 11 is 2.06. The molecule has 1 saturated heterocycles. The summed E-state index contributed by atoms with van der Waals surface area (Å²) in [5.74, 6) is 1.29. The molecular weight excluding hydrogens is 524 g/mol. The largest absolute Gasteiger partial charge is 0.494 e. The van der Waals surface area contributed by atoms with E-state index in [0.717, 1.165) is 18.6 Å². The van der Waals surface area contributed by atoms with E-state index >= 15 is 0 Å². The molecule has 0 bridgehead atoms. The second-order valence-corrected chi connectivity index (χ2v) is 12.3. The first kappa shape index (κ1) is 29.4. The van der Waals surface area contributed by atoms with E-state index < -0.39 is 0 Å². The third-order valence-corrected chi connectivity index (χ3v) is 9.89. The second-order valence-electron chi connectivity index (χ2n) is 10.9. The van der Waals surface area contributed by atoms with Crippen molar-refractivity contribution in [3.05, 3.63) is 137 Å². The Balaban J connectivity index is 1.41. The van der Waals surface area contributed by atoms with Gasteiger partial charge in [-0.3, -0.25) is 0 Å². The van der Waals surface area contributed by atoms with E-state index in [4.69, 9.17) is 14.2 Å². The van der Waals surface area contributed by atoms with Gasteiger partial charge in [-0.25, -0.2) is 0 Å². The van der Waals surface area contributed by atoms with E-state index in [-0.39, 0.29) is 17.5 Å². The Morgan fingerprint density at radius 3 is 1.85 bits per heavy atom. The molecule has 41 heavy (non-hydrogen) atoms. The number of hydrogen-bond acceptors (Lipinski definition) is 4. The SMILES string of the molecule is CCOc1ccc(Cc2cccc([C@@H]3S[C@H](CC)[C@@H](C)[C@H](OCc4ccccc4)[C@H]3OCc3ccccc3)c2)cc1. The molecule has 0 amide bonds. The van der Waals surface area contributed by atoms with Crippen LogP contribution in [0, 0.1) is 5.92 Å². The van der Waals surface area contributed by atoms with Crippen molar-refractivity contribution < 1.29 is 14.2 Å². The number of rotatable bonds is 12. The van der Waals surface area contributed by atoms with Crippen molar-refractivity contribution in [3.63, 3.8) is 0 Å². The average molecular weight is 567 g/mol. The summed E-state index contributed by atoms with van der Waals surface area (Å²) in [6, 6.07) is 38.5. The smallest absolute Gasteiger partial charge is 0.119 e. The Hall–Kier alpha value is -3.05. The van der Waals surface area contributed by atoms with Crippen LogP contribution in [0.15, 0.2) is 109 Å². The highest BCUT2D eigenvalue weighted by molar-refractivity contribution is 8.00. The maximum atomic E-state index is 6.83. The molecule has 4 heteroatoms. The Morgan fingerprint density at radius 2 is 1.24 bits per heavy atom. The molecule has 0 aliphatic carbocycles. The highest BCUT2D eigenvalue weighted by Gasteiger charge is 2.45. The van der Waals surface area contributed by atoms with Crippen LogP contribution in [-0.2, 0) is 29.1 Å². The Morgan fingerprint density at radius 1 is 0.634 bits per heavy atom. The lowest BCUT2D eigenvalue weighted by atomic mass is 9.89. The molecule has 0 spiro atoms. The first-order valence-electron chi connectivity index (χ1n) is 14.9. The number of benzene rings is 4. The molecule has 5 atom stereocenters. The van der Waals surface area contributed by atoms with Crippen LogP contribution in [0.1, 0.15) is 60.3 Å². The van der Waals surface area contributed by atoms with Gasteiger partial charge in [-0.2, -0.15) is 0 Å². The van der Waals surface area contributed by atoms with Crippen molar-refractivity contribution in [2.75, 3.05) is 6.61 Å². The van der Waals surface area contributed by atoms with Gasteiger partial charge in [0.2, 0.25) is 0 Å². The summed E-state index contributed by atoms with van der Waals surface area (Å²) in [5, 5.41) is 0.674. The first-order chi connectivity index (χ1) is 20.1. The maximum Gasteiger partial charge on any atom is 0.119 e. The fourth-order valence-electron chi connectivity index (χ4n) is 5.76. The van der Waals surface area contributed by atoms with Crippen molar-refractivity contribution in [1.82, 2.24) is 0 Å². The third-order valence-electron chi connectivity index (χ3n) is 7.94. The van der Waals surface area contributed by atoms with Crippen LogP contribution >= 0.6 is 11.8 Å². The zero-order valence-corrected chi connectivity index (χ0v) is 25.3. The van der Waals surface area contributed by atoms with Gasteiger partial charge < -0.3 is 14.2 Å². The van der Waals surface area contributed by atoms with Crippen LogP contribution < -0.4 is 4.74 Å². The van der Waals surface area contributed by atoms with Gasteiger partial charge in [0.1, 0.15) is 11.9 Å². The fourth-order valence-corrected chi connectivity index (χ4v) is 7.42. The van der Waals surface area contributed by atoms with Crippen LogP contribution in [0.5, 0.6) is 5.75 Å². The van der Waals surface area contributed by atoms with Crippen LogP contribution in [-0.4, -0.2) is 24.1 Å². The van der Waals surface area contributed by atoms with Crippen molar-refractivity contribution >= 4 is 11.8 Å². The van der Waals surface area contributed by atoms with E-state index in [1.807, 2.05) is 6.92 Å². The summed E-state index contributed by atoms with van der Waals surface area (Å²) in [7, 11) is 0. The monoisotopic (exact) mass is 566 g/mol. The Kier molecular flexibility index (Phi) is 10.6. The zero-order valence-electron chi connectivity index (χ0n) is 24.4.